The summed E-state index contributed by atoms with van der Waals surface area (Å²) in [6, 6.07) is 5.93. The molecule has 0 fully saturated rings. The maximum Gasteiger partial charge on any atom is 0.292 e. The summed E-state index contributed by atoms with van der Waals surface area (Å²) in [7, 11) is 1.54. The van der Waals surface area contributed by atoms with Crippen LogP contribution < -0.4 is 0 Å². The van der Waals surface area contributed by atoms with Gasteiger partial charge < -0.3 is 9.42 Å². The third kappa shape index (κ3) is 2.93. The Labute approximate surface area is 114 Å². The molecule has 0 aliphatic heterocycles. The SMILES string of the molecule is Cc1cc(C(=O)N(C)Cc2c(F)cccc2Cl)on1. The van der Waals surface area contributed by atoms with E-state index in [2.05, 4.69) is 5.16 Å². The zero-order valence-electron chi connectivity index (χ0n) is 10.5. The van der Waals surface area contributed by atoms with Crippen LogP contribution >= 0.6 is 11.6 Å². The molecule has 1 heterocycles. The molecule has 1 aromatic heterocycles. The highest BCUT2D eigenvalue weighted by Gasteiger charge is 2.19. The predicted octanol–water partition coefficient (Wildman–Crippen LogP) is 3.05. The second-order valence-corrected chi connectivity index (χ2v) is 4.60. The molecule has 0 aliphatic carbocycles. The van der Waals surface area contributed by atoms with E-state index >= 15 is 0 Å². The molecule has 0 saturated carbocycles. The zero-order chi connectivity index (χ0) is 14.0. The first-order chi connectivity index (χ1) is 8.99. The van der Waals surface area contributed by atoms with Crippen LogP contribution in [0.4, 0.5) is 4.39 Å². The van der Waals surface area contributed by atoms with E-state index in [1.165, 1.54) is 23.1 Å². The zero-order valence-corrected chi connectivity index (χ0v) is 11.2. The van der Waals surface area contributed by atoms with Crippen molar-refractivity contribution < 1.29 is 13.7 Å². The summed E-state index contributed by atoms with van der Waals surface area (Å²) in [4.78, 5) is 13.3. The average molecular weight is 283 g/mol. The molecule has 0 aliphatic rings. The van der Waals surface area contributed by atoms with Crippen molar-refractivity contribution in [3.8, 4) is 0 Å². The number of carbonyl (C=O) groups is 1. The van der Waals surface area contributed by atoms with Gasteiger partial charge in [0.2, 0.25) is 5.76 Å². The Morgan fingerprint density at radius 1 is 1.53 bits per heavy atom. The number of nitrogens with zero attached hydrogens (tertiary/aromatic N) is 2. The molecule has 2 aromatic rings. The first-order valence-electron chi connectivity index (χ1n) is 5.60. The van der Waals surface area contributed by atoms with Crippen molar-refractivity contribution in [2.24, 2.45) is 0 Å². The number of aryl methyl sites for hydroxylation is 1. The van der Waals surface area contributed by atoms with Gasteiger partial charge in [0.25, 0.3) is 5.91 Å². The van der Waals surface area contributed by atoms with Crippen LogP contribution in [0.15, 0.2) is 28.8 Å². The van der Waals surface area contributed by atoms with Gasteiger partial charge in [0, 0.05) is 23.7 Å². The summed E-state index contributed by atoms with van der Waals surface area (Å²) in [6.45, 7) is 1.78. The Morgan fingerprint density at radius 3 is 2.84 bits per heavy atom. The van der Waals surface area contributed by atoms with Crippen molar-refractivity contribution >= 4 is 17.5 Å². The number of carbonyl (C=O) groups excluding carboxylic acids is 1. The van der Waals surface area contributed by atoms with E-state index in [0.29, 0.717) is 5.69 Å². The second kappa shape index (κ2) is 5.40. The topological polar surface area (TPSA) is 46.3 Å². The fraction of sp³-hybridized carbons (Fsp3) is 0.231. The van der Waals surface area contributed by atoms with E-state index in [0.717, 1.165) is 0 Å². The number of amides is 1. The predicted molar refractivity (Wildman–Crippen MR) is 68.4 cm³/mol. The van der Waals surface area contributed by atoms with Gasteiger partial charge in [-0.25, -0.2) is 4.39 Å². The van der Waals surface area contributed by atoms with Crippen LogP contribution in [0.25, 0.3) is 0 Å². The molecule has 4 nitrogen and oxygen atoms in total. The average Bonchev–Trinajstić information content (AvgIpc) is 2.79. The standard InChI is InChI=1S/C13H12ClFN2O2/c1-8-6-12(19-16-8)13(18)17(2)7-9-10(14)4-3-5-11(9)15/h3-6H,7H2,1-2H3. The molecule has 1 aromatic carbocycles. The maximum absolute atomic E-state index is 13.6. The molecule has 0 saturated heterocycles. The van der Waals surface area contributed by atoms with E-state index in [1.807, 2.05) is 0 Å². The van der Waals surface area contributed by atoms with Crippen molar-refractivity contribution in [2.75, 3.05) is 7.05 Å². The summed E-state index contributed by atoms with van der Waals surface area (Å²) in [5, 5.41) is 3.93. The molecule has 0 atom stereocenters. The normalized spacial score (nSPS) is 10.5. The fourth-order valence-corrected chi connectivity index (χ4v) is 1.87. The summed E-state index contributed by atoms with van der Waals surface area (Å²) >= 11 is 5.91. The van der Waals surface area contributed by atoms with E-state index < -0.39 is 5.82 Å². The van der Waals surface area contributed by atoms with E-state index in [-0.39, 0.29) is 28.8 Å². The second-order valence-electron chi connectivity index (χ2n) is 4.19. The smallest absolute Gasteiger partial charge is 0.292 e. The number of benzene rings is 1. The molecular formula is C13H12ClFN2O2. The summed E-state index contributed by atoms with van der Waals surface area (Å²) in [5.41, 5.74) is 0.886. The molecule has 6 heteroatoms. The molecule has 0 radical (unpaired) electrons. The van der Waals surface area contributed by atoms with Crippen LogP contribution in [-0.2, 0) is 6.54 Å². The highest BCUT2D eigenvalue weighted by atomic mass is 35.5. The van der Waals surface area contributed by atoms with Crippen molar-refractivity contribution in [1.82, 2.24) is 10.1 Å². The maximum atomic E-state index is 13.6. The van der Waals surface area contributed by atoms with Crippen LogP contribution in [0.3, 0.4) is 0 Å². The lowest BCUT2D eigenvalue weighted by Gasteiger charge is -2.16. The summed E-state index contributed by atoms with van der Waals surface area (Å²) < 4.78 is 18.5. The van der Waals surface area contributed by atoms with Crippen LogP contribution in [-0.4, -0.2) is 23.0 Å². The monoisotopic (exact) mass is 282 g/mol. The quantitative estimate of drug-likeness (QED) is 0.869. The third-order valence-electron chi connectivity index (χ3n) is 2.64. The lowest BCUT2D eigenvalue weighted by molar-refractivity contribution is 0.0742. The molecular weight excluding hydrogens is 271 g/mol. The molecule has 1 amide bonds. The Morgan fingerprint density at radius 2 is 2.26 bits per heavy atom. The Kier molecular flexibility index (Phi) is 3.85. The Hall–Kier alpha value is -1.88. The van der Waals surface area contributed by atoms with Gasteiger partial charge in [0.15, 0.2) is 0 Å². The minimum atomic E-state index is -0.444. The molecule has 0 N–H and O–H groups in total. The largest absolute Gasteiger partial charge is 0.351 e. The van der Waals surface area contributed by atoms with Gasteiger partial charge in [0.1, 0.15) is 5.82 Å². The van der Waals surface area contributed by atoms with Crippen molar-refractivity contribution in [3.63, 3.8) is 0 Å². The third-order valence-corrected chi connectivity index (χ3v) is 3.00. The lowest BCUT2D eigenvalue weighted by atomic mass is 10.2. The summed E-state index contributed by atoms with van der Waals surface area (Å²) in [6.07, 6.45) is 0. The molecule has 100 valence electrons. The Balaban J connectivity index is 2.17. The molecule has 19 heavy (non-hydrogen) atoms. The van der Waals surface area contributed by atoms with Gasteiger partial charge in [-0.3, -0.25) is 4.79 Å². The number of aromatic nitrogens is 1. The minimum absolute atomic E-state index is 0.0596. The molecule has 0 bridgehead atoms. The summed E-state index contributed by atoms with van der Waals surface area (Å²) in [5.74, 6) is -0.701. The van der Waals surface area contributed by atoms with Crippen LogP contribution in [0.2, 0.25) is 5.02 Å². The lowest BCUT2D eigenvalue weighted by Crippen LogP contribution is -2.26. The fourth-order valence-electron chi connectivity index (χ4n) is 1.64. The highest BCUT2D eigenvalue weighted by molar-refractivity contribution is 6.31. The number of hydrogen-bond acceptors (Lipinski definition) is 3. The number of halogens is 2. The van der Waals surface area contributed by atoms with Crippen molar-refractivity contribution in [2.45, 2.75) is 13.5 Å². The highest BCUT2D eigenvalue weighted by Crippen LogP contribution is 2.21. The van der Waals surface area contributed by atoms with Gasteiger partial charge in [-0.1, -0.05) is 22.8 Å². The molecule has 0 unspecified atom stereocenters. The van der Waals surface area contributed by atoms with Crippen molar-refractivity contribution in [3.05, 3.63) is 52.1 Å². The first kappa shape index (κ1) is 13.5. The van der Waals surface area contributed by atoms with Gasteiger partial charge in [-0.15, -0.1) is 0 Å². The van der Waals surface area contributed by atoms with Gasteiger partial charge >= 0.3 is 0 Å². The molecule has 0 spiro atoms. The number of rotatable bonds is 3. The van der Waals surface area contributed by atoms with Gasteiger partial charge in [0.05, 0.1) is 12.2 Å². The van der Waals surface area contributed by atoms with Gasteiger partial charge in [-0.05, 0) is 19.1 Å². The van der Waals surface area contributed by atoms with Crippen molar-refractivity contribution in [1.29, 1.82) is 0 Å². The van der Waals surface area contributed by atoms with E-state index in [1.54, 1.807) is 20.0 Å². The number of hydrogen-bond donors (Lipinski definition) is 0. The molecule has 2 rings (SSSR count). The van der Waals surface area contributed by atoms with Crippen LogP contribution in [0, 0.1) is 12.7 Å². The van der Waals surface area contributed by atoms with Gasteiger partial charge in [-0.2, -0.15) is 0 Å². The van der Waals surface area contributed by atoms with E-state index in [4.69, 9.17) is 16.1 Å². The van der Waals surface area contributed by atoms with E-state index in [9.17, 15) is 9.18 Å². The van der Waals surface area contributed by atoms with Crippen LogP contribution in [0.1, 0.15) is 21.8 Å². The Bertz CT molecular complexity index is 592. The minimum Gasteiger partial charge on any atom is -0.351 e. The first-order valence-corrected chi connectivity index (χ1v) is 5.98. The van der Waals surface area contributed by atoms with Crippen LogP contribution in [0.5, 0.6) is 0 Å².